The summed E-state index contributed by atoms with van der Waals surface area (Å²) in [6.07, 6.45) is 1.83. The monoisotopic (exact) mass is 198 g/mol. The lowest BCUT2D eigenvalue weighted by molar-refractivity contribution is 0.210. The third kappa shape index (κ3) is 2.63. The van der Waals surface area contributed by atoms with Gasteiger partial charge in [0.15, 0.2) is 5.82 Å². The maximum Gasteiger partial charge on any atom is 0.171 e. The van der Waals surface area contributed by atoms with E-state index >= 15 is 0 Å². The predicted octanol–water partition coefficient (Wildman–Crippen LogP) is 1.10. The molecule has 0 radical (unpaired) electrons. The number of nitrogens with one attached hydrogen (secondary N) is 1. The van der Waals surface area contributed by atoms with Crippen LogP contribution in [0.2, 0.25) is 0 Å². The smallest absolute Gasteiger partial charge is 0.171 e. The highest BCUT2D eigenvalue weighted by molar-refractivity contribution is 5.59. The Labute approximate surface area is 84.2 Å². The summed E-state index contributed by atoms with van der Waals surface area (Å²) in [6.45, 7) is 5.49. The summed E-state index contributed by atoms with van der Waals surface area (Å²) in [7, 11) is 1.66. The van der Waals surface area contributed by atoms with Crippen molar-refractivity contribution in [2.24, 2.45) is 0 Å². The Bertz CT molecular complexity index is 282. The molecule has 0 spiro atoms. The average Bonchev–Trinajstić information content (AvgIpc) is 2.49. The van der Waals surface area contributed by atoms with Gasteiger partial charge in [0.05, 0.1) is 18.5 Å². The molecule has 0 fully saturated rings. The Morgan fingerprint density at radius 2 is 2.36 bits per heavy atom. The van der Waals surface area contributed by atoms with E-state index < -0.39 is 0 Å². The topological polar surface area (TPSA) is 65.1 Å². The van der Waals surface area contributed by atoms with Gasteiger partial charge in [0.25, 0.3) is 0 Å². The van der Waals surface area contributed by atoms with E-state index in [4.69, 9.17) is 10.5 Å². The highest BCUT2D eigenvalue weighted by Crippen LogP contribution is 2.17. The van der Waals surface area contributed by atoms with Gasteiger partial charge in [-0.1, -0.05) is 0 Å². The lowest BCUT2D eigenvalue weighted by Crippen LogP contribution is -2.09. The molecule has 5 heteroatoms. The quantitative estimate of drug-likeness (QED) is 0.695. The number of methoxy groups -OCH3 is 1. The molecule has 0 bridgehead atoms. The van der Waals surface area contributed by atoms with Gasteiger partial charge in [0.2, 0.25) is 0 Å². The summed E-state index contributed by atoms with van der Waals surface area (Å²) in [6, 6.07) is 0.329. The number of anilines is 2. The number of aromatic nitrogens is 2. The number of hydrogen-bond donors (Lipinski definition) is 2. The van der Waals surface area contributed by atoms with Crippen molar-refractivity contribution in [2.45, 2.75) is 19.9 Å². The van der Waals surface area contributed by atoms with Crippen molar-refractivity contribution < 1.29 is 4.74 Å². The van der Waals surface area contributed by atoms with Gasteiger partial charge >= 0.3 is 0 Å². The standard InChI is InChI=1S/C9H18N4O/c1-7(2)13-6-8(10)9(12-13)11-4-5-14-3/h6-7H,4-5,10H2,1-3H3,(H,11,12). The van der Waals surface area contributed by atoms with Gasteiger partial charge in [-0.05, 0) is 13.8 Å². The molecule has 0 aliphatic rings. The fraction of sp³-hybridized carbons (Fsp3) is 0.667. The zero-order chi connectivity index (χ0) is 10.6. The van der Waals surface area contributed by atoms with E-state index in [-0.39, 0.29) is 0 Å². The Kier molecular flexibility index (Phi) is 3.76. The van der Waals surface area contributed by atoms with E-state index in [2.05, 4.69) is 24.3 Å². The molecule has 1 rings (SSSR count). The van der Waals surface area contributed by atoms with E-state index in [1.165, 1.54) is 0 Å². The van der Waals surface area contributed by atoms with Gasteiger partial charge in [-0.3, -0.25) is 4.68 Å². The average molecular weight is 198 g/mol. The van der Waals surface area contributed by atoms with Crippen molar-refractivity contribution >= 4 is 11.5 Å². The Hall–Kier alpha value is -1.23. The normalized spacial score (nSPS) is 10.9. The van der Waals surface area contributed by atoms with Crippen molar-refractivity contribution in [3.05, 3.63) is 6.20 Å². The molecule has 1 aromatic rings. The van der Waals surface area contributed by atoms with Crippen LogP contribution in [0.4, 0.5) is 11.5 Å². The zero-order valence-electron chi connectivity index (χ0n) is 8.95. The molecule has 0 atom stereocenters. The summed E-state index contributed by atoms with van der Waals surface area (Å²) in [5.74, 6) is 0.732. The molecule has 0 aliphatic heterocycles. The predicted molar refractivity (Wildman–Crippen MR) is 57.4 cm³/mol. The van der Waals surface area contributed by atoms with E-state index in [1.54, 1.807) is 7.11 Å². The van der Waals surface area contributed by atoms with Crippen molar-refractivity contribution in [3.63, 3.8) is 0 Å². The van der Waals surface area contributed by atoms with Crippen molar-refractivity contribution in [1.29, 1.82) is 0 Å². The molecule has 0 saturated carbocycles. The fourth-order valence-corrected chi connectivity index (χ4v) is 1.08. The molecule has 0 aromatic carbocycles. The van der Waals surface area contributed by atoms with Crippen LogP contribution in [-0.2, 0) is 4.74 Å². The first-order valence-corrected chi connectivity index (χ1v) is 4.72. The van der Waals surface area contributed by atoms with E-state index in [0.717, 1.165) is 12.4 Å². The van der Waals surface area contributed by atoms with Gasteiger partial charge in [0.1, 0.15) is 0 Å². The second-order valence-corrected chi connectivity index (χ2v) is 3.43. The molecule has 0 amide bonds. The summed E-state index contributed by atoms with van der Waals surface area (Å²) in [5.41, 5.74) is 6.45. The van der Waals surface area contributed by atoms with Crippen LogP contribution < -0.4 is 11.1 Å². The number of nitrogens with two attached hydrogens (primary N) is 1. The third-order valence-corrected chi connectivity index (χ3v) is 1.89. The van der Waals surface area contributed by atoms with Gasteiger partial charge in [0, 0.05) is 19.7 Å². The Balaban J connectivity index is 2.58. The van der Waals surface area contributed by atoms with Crippen molar-refractivity contribution in [1.82, 2.24) is 9.78 Å². The lowest BCUT2D eigenvalue weighted by atomic mass is 10.4. The number of nitrogen functional groups attached to an aromatic ring is 1. The second-order valence-electron chi connectivity index (χ2n) is 3.43. The first kappa shape index (κ1) is 10.8. The maximum absolute atomic E-state index is 5.77. The van der Waals surface area contributed by atoms with Crippen molar-refractivity contribution in [3.8, 4) is 0 Å². The molecule has 1 aromatic heterocycles. The minimum atomic E-state index is 0.329. The van der Waals surface area contributed by atoms with Crippen LogP contribution in [0.15, 0.2) is 6.20 Å². The van der Waals surface area contributed by atoms with Gasteiger partial charge < -0.3 is 15.8 Å². The summed E-state index contributed by atoms with van der Waals surface area (Å²) < 4.78 is 6.76. The maximum atomic E-state index is 5.77. The molecule has 14 heavy (non-hydrogen) atoms. The molecular weight excluding hydrogens is 180 g/mol. The van der Waals surface area contributed by atoms with Crippen LogP contribution in [0.1, 0.15) is 19.9 Å². The molecule has 5 nitrogen and oxygen atoms in total. The van der Waals surface area contributed by atoms with Crippen LogP contribution in [-0.4, -0.2) is 30.0 Å². The van der Waals surface area contributed by atoms with E-state index in [1.807, 2.05) is 10.9 Å². The minimum absolute atomic E-state index is 0.329. The number of ether oxygens (including phenoxy) is 1. The first-order chi connectivity index (χ1) is 6.65. The van der Waals surface area contributed by atoms with Crippen LogP contribution >= 0.6 is 0 Å². The molecule has 1 heterocycles. The molecule has 80 valence electrons. The van der Waals surface area contributed by atoms with Crippen molar-refractivity contribution in [2.75, 3.05) is 31.3 Å². The first-order valence-electron chi connectivity index (χ1n) is 4.72. The summed E-state index contributed by atoms with van der Waals surface area (Å²) in [4.78, 5) is 0. The molecule has 0 saturated heterocycles. The largest absolute Gasteiger partial charge is 0.394 e. The van der Waals surface area contributed by atoms with Crippen LogP contribution in [0.5, 0.6) is 0 Å². The van der Waals surface area contributed by atoms with Crippen LogP contribution in [0.25, 0.3) is 0 Å². The summed E-state index contributed by atoms with van der Waals surface area (Å²) >= 11 is 0. The molecule has 0 aliphatic carbocycles. The highest BCUT2D eigenvalue weighted by atomic mass is 16.5. The fourth-order valence-electron chi connectivity index (χ4n) is 1.08. The third-order valence-electron chi connectivity index (χ3n) is 1.89. The van der Waals surface area contributed by atoms with E-state index in [0.29, 0.717) is 18.3 Å². The minimum Gasteiger partial charge on any atom is -0.394 e. The molecule has 3 N–H and O–H groups in total. The van der Waals surface area contributed by atoms with E-state index in [9.17, 15) is 0 Å². The van der Waals surface area contributed by atoms with Gasteiger partial charge in [-0.15, -0.1) is 0 Å². The second kappa shape index (κ2) is 4.85. The molecule has 0 unspecified atom stereocenters. The van der Waals surface area contributed by atoms with Gasteiger partial charge in [-0.25, -0.2) is 0 Å². The zero-order valence-corrected chi connectivity index (χ0v) is 8.95. The molecular formula is C9H18N4O. The van der Waals surface area contributed by atoms with Crippen LogP contribution in [0, 0.1) is 0 Å². The van der Waals surface area contributed by atoms with Crippen LogP contribution in [0.3, 0.4) is 0 Å². The Morgan fingerprint density at radius 3 is 2.86 bits per heavy atom. The summed E-state index contributed by atoms with van der Waals surface area (Å²) in [5, 5.41) is 7.41. The van der Waals surface area contributed by atoms with Gasteiger partial charge in [-0.2, -0.15) is 5.10 Å². The SMILES string of the molecule is COCCNc1nn(C(C)C)cc1N. The lowest BCUT2D eigenvalue weighted by Gasteiger charge is -2.04. The highest BCUT2D eigenvalue weighted by Gasteiger charge is 2.06. The number of hydrogen-bond acceptors (Lipinski definition) is 4. The number of nitrogens with zero attached hydrogens (tertiary/aromatic N) is 2. The number of rotatable bonds is 5. The Morgan fingerprint density at radius 1 is 1.64 bits per heavy atom.